The molecule has 1 amide bonds. The Bertz CT molecular complexity index is 1060. The maximum Gasteiger partial charge on any atom is 0.231 e. The molecule has 1 aromatic carbocycles. The Labute approximate surface area is 188 Å². The van der Waals surface area contributed by atoms with Crippen LogP contribution in [0.2, 0.25) is 0 Å². The van der Waals surface area contributed by atoms with E-state index in [1.807, 2.05) is 0 Å². The number of benzene rings is 1. The van der Waals surface area contributed by atoms with Gasteiger partial charge in [-0.2, -0.15) is 0 Å². The van der Waals surface area contributed by atoms with Crippen LogP contribution >= 0.6 is 0 Å². The van der Waals surface area contributed by atoms with Crippen molar-refractivity contribution in [1.82, 2.24) is 4.31 Å². The predicted molar refractivity (Wildman–Crippen MR) is 118 cm³/mol. The van der Waals surface area contributed by atoms with Crippen molar-refractivity contribution >= 4 is 27.4 Å². The van der Waals surface area contributed by atoms with E-state index in [1.165, 1.54) is 4.31 Å². The van der Waals surface area contributed by atoms with Crippen LogP contribution < -0.4 is 14.8 Å². The van der Waals surface area contributed by atoms with Gasteiger partial charge in [-0.25, -0.2) is 12.7 Å². The number of carbonyl (C=O) groups is 2. The first kappa shape index (κ1) is 21.7. The summed E-state index contributed by atoms with van der Waals surface area (Å²) >= 11 is 0. The molecule has 1 N–H and O–H groups in total. The van der Waals surface area contributed by atoms with Crippen molar-refractivity contribution in [1.29, 1.82) is 0 Å². The van der Waals surface area contributed by atoms with Crippen molar-refractivity contribution < 1.29 is 27.5 Å². The summed E-state index contributed by atoms with van der Waals surface area (Å²) in [6, 6.07) is 5.25. The third kappa shape index (κ3) is 3.32. The Morgan fingerprint density at radius 1 is 1.16 bits per heavy atom. The highest BCUT2D eigenvalue weighted by Gasteiger charge is 2.65. The molecule has 174 valence electrons. The standard InChI is InChI=1S/C23H30N2O6S/c1-22(2)16-5-8-23(22,20(26)11-16)13-32(28,29)25-9-6-15(7-10-25)21(27)24-17-3-4-18-19(12-17)31-14-30-18/h3-4,12,15-16H,5-11,13-14H2,1-2H3,(H,24,27). The van der Waals surface area contributed by atoms with Gasteiger partial charge in [0, 0.05) is 42.6 Å². The number of rotatable bonds is 5. The molecule has 0 radical (unpaired) electrons. The lowest BCUT2D eigenvalue weighted by molar-refractivity contribution is -0.128. The highest BCUT2D eigenvalue weighted by atomic mass is 32.2. The summed E-state index contributed by atoms with van der Waals surface area (Å²) in [7, 11) is -3.58. The third-order valence-corrected chi connectivity index (χ3v) is 10.4. The van der Waals surface area contributed by atoms with Gasteiger partial charge in [-0.05, 0) is 49.1 Å². The average Bonchev–Trinajstić information content (AvgIpc) is 3.36. The molecule has 8 nitrogen and oxygen atoms in total. The number of Topliss-reactive ketones (excluding diaryl/α,β-unsaturated/α-hetero) is 1. The number of nitrogens with zero attached hydrogens (tertiary/aromatic N) is 1. The predicted octanol–water partition coefficient (Wildman–Crippen LogP) is 2.79. The second kappa shape index (κ2) is 7.45. The summed E-state index contributed by atoms with van der Waals surface area (Å²) in [5, 5.41) is 2.90. The number of anilines is 1. The lowest BCUT2D eigenvalue weighted by atomic mass is 9.70. The van der Waals surface area contributed by atoms with Gasteiger partial charge in [0.25, 0.3) is 0 Å². The number of carbonyl (C=O) groups excluding carboxylic acids is 2. The van der Waals surface area contributed by atoms with Crippen molar-refractivity contribution in [3.63, 3.8) is 0 Å². The minimum Gasteiger partial charge on any atom is -0.454 e. The van der Waals surface area contributed by atoms with Crippen LogP contribution in [-0.2, 0) is 19.6 Å². The number of piperidine rings is 1. The molecule has 2 atom stereocenters. The fraction of sp³-hybridized carbons (Fsp3) is 0.652. The molecule has 0 spiro atoms. The van der Waals surface area contributed by atoms with Crippen LogP contribution in [0.4, 0.5) is 5.69 Å². The zero-order valence-corrected chi connectivity index (χ0v) is 19.4. The van der Waals surface area contributed by atoms with Gasteiger partial charge in [0.05, 0.1) is 5.75 Å². The number of nitrogens with one attached hydrogen (secondary N) is 1. The molecule has 32 heavy (non-hydrogen) atoms. The lowest BCUT2D eigenvalue weighted by Gasteiger charge is -2.39. The Morgan fingerprint density at radius 3 is 2.53 bits per heavy atom. The van der Waals surface area contributed by atoms with Gasteiger partial charge in [0.2, 0.25) is 22.7 Å². The Balaban J connectivity index is 1.21. The summed E-state index contributed by atoms with van der Waals surface area (Å²) in [6.07, 6.45) is 3.02. The van der Waals surface area contributed by atoms with E-state index in [0.717, 1.165) is 6.42 Å². The van der Waals surface area contributed by atoms with E-state index in [0.29, 0.717) is 56.0 Å². The van der Waals surface area contributed by atoms with Gasteiger partial charge in [0.1, 0.15) is 5.78 Å². The summed E-state index contributed by atoms with van der Waals surface area (Å²) in [4.78, 5) is 25.5. The number of hydrogen-bond donors (Lipinski definition) is 1. The third-order valence-electron chi connectivity index (χ3n) is 8.43. The summed E-state index contributed by atoms with van der Waals surface area (Å²) < 4.78 is 38.7. The Morgan fingerprint density at radius 2 is 1.88 bits per heavy atom. The van der Waals surface area contributed by atoms with Crippen molar-refractivity contribution in [2.24, 2.45) is 22.7 Å². The molecule has 4 aliphatic rings. The van der Waals surface area contributed by atoms with Crippen molar-refractivity contribution in [3.05, 3.63) is 18.2 Å². The van der Waals surface area contributed by atoms with Gasteiger partial charge < -0.3 is 14.8 Å². The van der Waals surface area contributed by atoms with Gasteiger partial charge in [0.15, 0.2) is 11.5 Å². The van der Waals surface area contributed by atoms with Gasteiger partial charge in [-0.1, -0.05) is 13.8 Å². The van der Waals surface area contributed by atoms with Crippen molar-refractivity contribution in [2.75, 3.05) is 31.0 Å². The molecule has 0 aromatic heterocycles. The average molecular weight is 463 g/mol. The fourth-order valence-electron chi connectivity index (χ4n) is 6.13. The molecule has 2 heterocycles. The normalized spacial score (nSPS) is 29.4. The second-order valence-electron chi connectivity index (χ2n) is 10.2. The zero-order chi connectivity index (χ0) is 22.7. The monoisotopic (exact) mass is 462 g/mol. The molecule has 1 aromatic rings. The highest BCUT2D eigenvalue weighted by molar-refractivity contribution is 7.89. The van der Waals surface area contributed by atoms with Crippen molar-refractivity contribution in [2.45, 2.75) is 46.0 Å². The summed E-state index contributed by atoms with van der Waals surface area (Å²) in [5.74, 6) is 1.17. The maximum absolute atomic E-state index is 13.3. The van der Waals surface area contributed by atoms with Gasteiger partial charge in [-0.3, -0.25) is 9.59 Å². The number of amides is 1. The van der Waals surface area contributed by atoms with E-state index >= 15 is 0 Å². The first-order valence-corrected chi connectivity index (χ1v) is 12.9. The number of ketones is 1. The van der Waals surface area contributed by atoms with E-state index < -0.39 is 15.4 Å². The topological polar surface area (TPSA) is 102 Å². The second-order valence-corrected chi connectivity index (χ2v) is 12.1. The van der Waals surface area contributed by atoms with Crippen LogP contribution in [0.1, 0.15) is 46.0 Å². The maximum atomic E-state index is 13.3. The SMILES string of the molecule is CC1(C)C2CCC1(CS(=O)(=O)N1CCC(C(=O)Nc3ccc4c(c3)OCO4)CC1)C(=O)C2. The van der Waals surface area contributed by atoms with Gasteiger partial charge in [-0.15, -0.1) is 0 Å². The number of sulfonamides is 1. The molecule has 2 aliphatic carbocycles. The minimum atomic E-state index is -3.58. The smallest absolute Gasteiger partial charge is 0.231 e. The van der Waals surface area contributed by atoms with Crippen LogP contribution in [0.15, 0.2) is 18.2 Å². The molecule has 3 fully saturated rings. The van der Waals surface area contributed by atoms with Gasteiger partial charge >= 0.3 is 0 Å². The fourth-order valence-corrected chi connectivity index (χ4v) is 8.38. The quantitative estimate of drug-likeness (QED) is 0.722. The first-order chi connectivity index (χ1) is 15.1. The zero-order valence-electron chi connectivity index (χ0n) is 18.6. The summed E-state index contributed by atoms with van der Waals surface area (Å²) in [6.45, 7) is 4.88. The molecule has 1 saturated heterocycles. The van der Waals surface area contributed by atoms with E-state index in [2.05, 4.69) is 19.2 Å². The Hall–Kier alpha value is -2.13. The number of hydrogen-bond acceptors (Lipinski definition) is 6. The van der Waals surface area contributed by atoms with Crippen LogP contribution in [0, 0.1) is 22.7 Å². The van der Waals surface area contributed by atoms with E-state index in [9.17, 15) is 18.0 Å². The molecular weight excluding hydrogens is 432 g/mol. The molecule has 2 aliphatic heterocycles. The largest absolute Gasteiger partial charge is 0.454 e. The number of ether oxygens (including phenoxy) is 2. The highest BCUT2D eigenvalue weighted by Crippen LogP contribution is 2.64. The van der Waals surface area contributed by atoms with E-state index in [1.54, 1.807) is 18.2 Å². The molecule has 5 rings (SSSR count). The summed E-state index contributed by atoms with van der Waals surface area (Å²) in [5.41, 5.74) is -0.407. The van der Waals surface area contributed by atoms with Crippen molar-refractivity contribution in [3.8, 4) is 11.5 Å². The molecular formula is C23H30N2O6S. The number of fused-ring (bicyclic) bond motifs is 3. The van der Waals surface area contributed by atoms with Crippen LogP contribution in [0.5, 0.6) is 11.5 Å². The van der Waals surface area contributed by atoms with E-state index in [-0.39, 0.29) is 41.5 Å². The molecule has 2 saturated carbocycles. The molecule has 2 bridgehead atoms. The molecule has 9 heteroatoms. The van der Waals surface area contributed by atoms with E-state index in [4.69, 9.17) is 9.47 Å². The van der Waals surface area contributed by atoms with Crippen LogP contribution in [-0.4, -0.2) is 50.0 Å². The minimum absolute atomic E-state index is 0.101. The first-order valence-electron chi connectivity index (χ1n) is 11.3. The lowest BCUT2D eigenvalue weighted by Crippen LogP contribution is -2.49. The van der Waals surface area contributed by atoms with Crippen LogP contribution in [0.25, 0.3) is 0 Å². The Kier molecular flexibility index (Phi) is 5.05. The van der Waals surface area contributed by atoms with Crippen LogP contribution in [0.3, 0.4) is 0 Å². The molecule has 2 unspecified atom stereocenters.